The smallest absolute Gasteiger partial charge is 0.275 e. The monoisotopic (exact) mass is 396 g/mol. The van der Waals surface area contributed by atoms with E-state index in [-0.39, 0.29) is 11.6 Å². The maximum absolute atomic E-state index is 12.2. The van der Waals surface area contributed by atoms with Crippen molar-refractivity contribution in [1.82, 2.24) is 9.97 Å². The van der Waals surface area contributed by atoms with Gasteiger partial charge in [-0.3, -0.25) is 4.79 Å². The Morgan fingerprint density at radius 1 is 1.04 bits per heavy atom. The topological polar surface area (TPSA) is 66.9 Å². The third-order valence-corrected chi connectivity index (χ3v) is 4.10. The van der Waals surface area contributed by atoms with Crippen LogP contribution in [0.5, 0.6) is 0 Å². The van der Waals surface area contributed by atoms with Gasteiger partial charge in [0.1, 0.15) is 11.5 Å². The fraction of sp³-hybridized carbons (Fsp3) is 0.105. The molecule has 0 aliphatic carbocycles. The molecule has 3 rings (SSSR count). The van der Waals surface area contributed by atoms with Gasteiger partial charge in [-0.05, 0) is 43.7 Å². The summed E-state index contributed by atoms with van der Waals surface area (Å²) < 4.78 is 0.893. The maximum atomic E-state index is 12.2. The third kappa shape index (κ3) is 4.42. The zero-order valence-corrected chi connectivity index (χ0v) is 15.5. The molecule has 0 aliphatic heterocycles. The summed E-state index contributed by atoms with van der Waals surface area (Å²) in [7, 11) is 0. The lowest BCUT2D eigenvalue weighted by atomic mass is 10.1. The number of amides is 1. The predicted octanol–water partition coefficient (Wildman–Crippen LogP) is 4.85. The molecule has 0 aliphatic rings. The number of aromatic nitrogens is 2. The average molecular weight is 397 g/mol. The number of benzene rings is 2. The largest absolute Gasteiger partial charge is 0.339 e. The molecule has 0 bridgehead atoms. The standard InChI is InChI=1S/C19H17BrN4O/c1-12-6-7-16(13(2)8-12)24-18-11-21-17(10-22-18)19(25)23-15-5-3-4-14(20)9-15/h3-11H,1-2H3,(H,22,24)(H,23,25). The third-order valence-electron chi connectivity index (χ3n) is 3.61. The molecule has 0 unspecified atom stereocenters. The molecule has 0 saturated carbocycles. The van der Waals surface area contributed by atoms with Gasteiger partial charge in [0.15, 0.2) is 0 Å². The molecule has 0 radical (unpaired) electrons. The summed E-state index contributed by atoms with van der Waals surface area (Å²) >= 11 is 3.37. The van der Waals surface area contributed by atoms with Crippen molar-refractivity contribution >= 4 is 39.0 Å². The first-order chi connectivity index (χ1) is 12.0. The van der Waals surface area contributed by atoms with Crippen molar-refractivity contribution in [3.63, 3.8) is 0 Å². The Kier molecular flexibility index (Phi) is 5.09. The van der Waals surface area contributed by atoms with E-state index in [4.69, 9.17) is 0 Å². The van der Waals surface area contributed by atoms with Crippen molar-refractivity contribution in [3.05, 3.63) is 76.2 Å². The minimum Gasteiger partial charge on any atom is -0.339 e. The average Bonchev–Trinajstić information content (AvgIpc) is 2.58. The summed E-state index contributed by atoms with van der Waals surface area (Å²) in [6.07, 6.45) is 3.01. The molecule has 126 valence electrons. The van der Waals surface area contributed by atoms with E-state index in [1.165, 1.54) is 11.8 Å². The fourth-order valence-electron chi connectivity index (χ4n) is 2.36. The lowest BCUT2D eigenvalue weighted by Gasteiger charge is -2.10. The Bertz CT molecular complexity index is 910. The summed E-state index contributed by atoms with van der Waals surface area (Å²) in [5.41, 5.74) is 4.24. The molecular weight excluding hydrogens is 380 g/mol. The number of carbonyl (C=O) groups excluding carboxylic acids is 1. The van der Waals surface area contributed by atoms with E-state index in [0.29, 0.717) is 11.5 Å². The van der Waals surface area contributed by atoms with Crippen LogP contribution < -0.4 is 10.6 Å². The van der Waals surface area contributed by atoms with Crippen molar-refractivity contribution in [3.8, 4) is 0 Å². The Balaban J connectivity index is 1.70. The second kappa shape index (κ2) is 7.44. The summed E-state index contributed by atoms with van der Waals surface area (Å²) in [4.78, 5) is 20.7. The van der Waals surface area contributed by atoms with Crippen molar-refractivity contribution in [2.75, 3.05) is 10.6 Å². The van der Waals surface area contributed by atoms with Crippen LogP contribution in [0.2, 0.25) is 0 Å². The number of rotatable bonds is 4. The zero-order chi connectivity index (χ0) is 17.8. The lowest BCUT2D eigenvalue weighted by molar-refractivity contribution is 0.102. The van der Waals surface area contributed by atoms with Crippen LogP contribution in [-0.4, -0.2) is 15.9 Å². The van der Waals surface area contributed by atoms with Gasteiger partial charge in [-0.25, -0.2) is 9.97 Å². The van der Waals surface area contributed by atoms with E-state index >= 15 is 0 Å². The highest BCUT2D eigenvalue weighted by Crippen LogP contribution is 2.20. The second-order valence-corrected chi connectivity index (χ2v) is 6.61. The maximum Gasteiger partial charge on any atom is 0.275 e. The van der Waals surface area contributed by atoms with Gasteiger partial charge >= 0.3 is 0 Å². The number of nitrogens with zero attached hydrogens (tertiary/aromatic N) is 2. The minimum absolute atomic E-state index is 0.256. The number of anilines is 3. The van der Waals surface area contributed by atoms with Crippen LogP contribution >= 0.6 is 15.9 Å². The molecule has 6 heteroatoms. The van der Waals surface area contributed by atoms with Gasteiger partial charge in [0.2, 0.25) is 0 Å². The molecular formula is C19H17BrN4O. The van der Waals surface area contributed by atoms with Gasteiger partial charge in [-0.15, -0.1) is 0 Å². The van der Waals surface area contributed by atoms with Crippen LogP contribution in [0, 0.1) is 13.8 Å². The Morgan fingerprint density at radius 3 is 2.56 bits per heavy atom. The summed E-state index contributed by atoms with van der Waals surface area (Å²) in [5, 5.41) is 6.00. The summed E-state index contributed by atoms with van der Waals surface area (Å²) in [6, 6.07) is 13.5. The minimum atomic E-state index is -0.302. The van der Waals surface area contributed by atoms with Crippen LogP contribution in [0.15, 0.2) is 59.3 Å². The summed E-state index contributed by atoms with van der Waals surface area (Å²) in [6.45, 7) is 4.08. The lowest BCUT2D eigenvalue weighted by Crippen LogP contribution is -2.14. The van der Waals surface area contributed by atoms with Crippen molar-refractivity contribution < 1.29 is 4.79 Å². The molecule has 5 nitrogen and oxygen atoms in total. The molecule has 0 saturated heterocycles. The molecule has 0 spiro atoms. The Morgan fingerprint density at radius 2 is 1.88 bits per heavy atom. The number of hydrogen-bond donors (Lipinski definition) is 2. The second-order valence-electron chi connectivity index (χ2n) is 5.69. The van der Waals surface area contributed by atoms with E-state index < -0.39 is 0 Å². The van der Waals surface area contributed by atoms with E-state index in [1.54, 1.807) is 6.20 Å². The van der Waals surface area contributed by atoms with Crippen molar-refractivity contribution in [2.45, 2.75) is 13.8 Å². The van der Waals surface area contributed by atoms with Crippen LogP contribution in [0.25, 0.3) is 0 Å². The molecule has 1 amide bonds. The van der Waals surface area contributed by atoms with Gasteiger partial charge in [0.05, 0.1) is 12.4 Å². The van der Waals surface area contributed by atoms with Crippen LogP contribution in [0.4, 0.5) is 17.2 Å². The van der Waals surface area contributed by atoms with E-state index in [2.05, 4.69) is 49.5 Å². The molecule has 0 atom stereocenters. The van der Waals surface area contributed by atoms with E-state index in [9.17, 15) is 4.79 Å². The number of hydrogen-bond acceptors (Lipinski definition) is 4. The fourth-order valence-corrected chi connectivity index (χ4v) is 2.76. The zero-order valence-electron chi connectivity index (χ0n) is 13.9. The first-order valence-corrected chi connectivity index (χ1v) is 8.54. The van der Waals surface area contributed by atoms with Gasteiger partial charge in [0.25, 0.3) is 5.91 Å². The normalized spacial score (nSPS) is 10.4. The highest BCUT2D eigenvalue weighted by atomic mass is 79.9. The van der Waals surface area contributed by atoms with Crippen LogP contribution in [-0.2, 0) is 0 Å². The highest BCUT2D eigenvalue weighted by Gasteiger charge is 2.09. The molecule has 2 aromatic carbocycles. The van der Waals surface area contributed by atoms with Gasteiger partial charge in [0, 0.05) is 15.8 Å². The first kappa shape index (κ1) is 17.1. The first-order valence-electron chi connectivity index (χ1n) is 7.74. The number of carbonyl (C=O) groups is 1. The molecule has 3 aromatic rings. The molecule has 0 fully saturated rings. The Labute approximate surface area is 154 Å². The van der Waals surface area contributed by atoms with E-state index in [0.717, 1.165) is 15.7 Å². The van der Waals surface area contributed by atoms with Crippen molar-refractivity contribution in [1.29, 1.82) is 0 Å². The quantitative estimate of drug-likeness (QED) is 0.661. The van der Waals surface area contributed by atoms with Gasteiger partial charge in [-0.2, -0.15) is 0 Å². The van der Waals surface area contributed by atoms with Crippen LogP contribution in [0.1, 0.15) is 21.6 Å². The molecule has 2 N–H and O–H groups in total. The number of halogens is 1. The summed E-state index contributed by atoms with van der Waals surface area (Å²) in [5.74, 6) is 0.287. The van der Waals surface area contributed by atoms with E-state index in [1.807, 2.05) is 43.3 Å². The van der Waals surface area contributed by atoms with Crippen molar-refractivity contribution in [2.24, 2.45) is 0 Å². The van der Waals surface area contributed by atoms with Gasteiger partial charge in [-0.1, -0.05) is 39.7 Å². The van der Waals surface area contributed by atoms with Crippen LogP contribution in [0.3, 0.4) is 0 Å². The SMILES string of the molecule is Cc1ccc(Nc2cnc(C(=O)Nc3cccc(Br)c3)cn2)c(C)c1. The molecule has 1 heterocycles. The predicted molar refractivity (Wildman–Crippen MR) is 103 cm³/mol. The Hall–Kier alpha value is -2.73. The molecule has 25 heavy (non-hydrogen) atoms. The van der Waals surface area contributed by atoms with Gasteiger partial charge < -0.3 is 10.6 Å². The number of nitrogens with one attached hydrogen (secondary N) is 2. The number of aryl methyl sites for hydroxylation is 2. The molecule has 1 aromatic heterocycles. The highest BCUT2D eigenvalue weighted by molar-refractivity contribution is 9.10.